The number of ketones is 1. The molecule has 1 aromatic heterocycles. The smallest absolute Gasteiger partial charge is 0.250 e. The van der Waals surface area contributed by atoms with Gasteiger partial charge in [-0.15, -0.1) is 0 Å². The molecule has 0 fully saturated rings. The van der Waals surface area contributed by atoms with Crippen LogP contribution in [0.5, 0.6) is 0 Å². The van der Waals surface area contributed by atoms with Gasteiger partial charge in [0.2, 0.25) is 5.91 Å². The maximum atomic E-state index is 12.9. The van der Waals surface area contributed by atoms with Gasteiger partial charge in [0.1, 0.15) is 18.1 Å². The van der Waals surface area contributed by atoms with E-state index in [-0.39, 0.29) is 30.7 Å². The van der Waals surface area contributed by atoms with Gasteiger partial charge in [0.25, 0.3) is 0 Å². The van der Waals surface area contributed by atoms with Crippen LogP contribution in [-0.4, -0.2) is 23.5 Å². The van der Waals surface area contributed by atoms with Crippen LogP contribution in [0.4, 0.5) is 10.1 Å². The highest BCUT2D eigenvalue weighted by atomic mass is 19.1. The Bertz CT molecular complexity index is 933. The molecular formula is C20H17FN2O4. The van der Waals surface area contributed by atoms with E-state index in [1.165, 1.54) is 19.1 Å². The summed E-state index contributed by atoms with van der Waals surface area (Å²) in [7, 11) is 0. The topological polar surface area (TPSA) is 81.4 Å². The Kier molecular flexibility index (Phi) is 5.73. The fraction of sp³-hybridized carbons (Fsp3) is 0.150. The maximum Gasteiger partial charge on any atom is 0.250 e. The minimum absolute atomic E-state index is 0.0381. The molecule has 3 aromatic rings. The molecular weight excluding hydrogens is 351 g/mol. The van der Waals surface area contributed by atoms with Crippen molar-refractivity contribution in [2.45, 2.75) is 13.5 Å². The van der Waals surface area contributed by atoms with Gasteiger partial charge in [-0.2, -0.15) is 0 Å². The normalized spacial score (nSPS) is 10.6. The minimum atomic E-state index is -0.330. The molecule has 0 saturated heterocycles. The lowest BCUT2D eigenvalue weighted by molar-refractivity contribution is -0.121. The molecule has 7 heteroatoms. The van der Waals surface area contributed by atoms with Crippen molar-refractivity contribution in [1.29, 1.82) is 0 Å². The predicted molar refractivity (Wildman–Crippen MR) is 96.6 cm³/mol. The van der Waals surface area contributed by atoms with Gasteiger partial charge in [-0.3, -0.25) is 9.59 Å². The first-order valence-corrected chi connectivity index (χ1v) is 8.21. The second-order valence-electron chi connectivity index (χ2n) is 5.86. The fourth-order valence-corrected chi connectivity index (χ4v) is 2.36. The van der Waals surface area contributed by atoms with Crippen molar-refractivity contribution in [2.24, 2.45) is 0 Å². The number of rotatable bonds is 7. The summed E-state index contributed by atoms with van der Waals surface area (Å²) in [6.07, 6.45) is 0. The fourth-order valence-electron chi connectivity index (χ4n) is 2.36. The molecule has 0 aliphatic carbocycles. The number of hydrogen-bond acceptors (Lipinski definition) is 5. The highest BCUT2D eigenvalue weighted by Gasteiger charge is 2.09. The van der Waals surface area contributed by atoms with Crippen LogP contribution in [0, 0.1) is 5.82 Å². The molecule has 0 unspecified atom stereocenters. The summed E-state index contributed by atoms with van der Waals surface area (Å²) >= 11 is 0. The van der Waals surface area contributed by atoms with Gasteiger partial charge in [0.05, 0.1) is 6.61 Å². The first-order valence-electron chi connectivity index (χ1n) is 8.21. The Morgan fingerprint density at radius 2 is 1.81 bits per heavy atom. The van der Waals surface area contributed by atoms with Gasteiger partial charge in [0, 0.05) is 22.9 Å². The summed E-state index contributed by atoms with van der Waals surface area (Å²) in [6.45, 7) is 1.42. The monoisotopic (exact) mass is 368 g/mol. The second-order valence-corrected chi connectivity index (χ2v) is 5.86. The van der Waals surface area contributed by atoms with Crippen LogP contribution < -0.4 is 5.32 Å². The van der Waals surface area contributed by atoms with Crippen molar-refractivity contribution in [1.82, 2.24) is 5.16 Å². The van der Waals surface area contributed by atoms with Gasteiger partial charge in [0.15, 0.2) is 11.5 Å². The Hall–Kier alpha value is -3.32. The summed E-state index contributed by atoms with van der Waals surface area (Å²) in [5.74, 6) is -0.205. The van der Waals surface area contributed by atoms with E-state index in [2.05, 4.69) is 10.5 Å². The summed E-state index contributed by atoms with van der Waals surface area (Å²) in [5, 5.41) is 6.54. The number of carbonyl (C=O) groups is 2. The molecule has 138 valence electrons. The Morgan fingerprint density at radius 1 is 1.11 bits per heavy atom. The molecule has 0 aliphatic heterocycles. The van der Waals surface area contributed by atoms with E-state index in [0.717, 1.165) is 0 Å². The van der Waals surface area contributed by atoms with Gasteiger partial charge in [-0.25, -0.2) is 4.39 Å². The molecule has 3 rings (SSSR count). The maximum absolute atomic E-state index is 12.9. The molecule has 2 aromatic carbocycles. The first kappa shape index (κ1) is 18.5. The van der Waals surface area contributed by atoms with Crippen LogP contribution in [0.25, 0.3) is 11.3 Å². The standard InChI is InChI=1S/C20H17FN2O4/c1-13(24)14-4-8-17(9-5-14)22-20(25)12-26-11-18-10-19(27-23-18)15-2-6-16(21)7-3-15/h2-10H,11-12H2,1H3,(H,22,25). The first-order chi connectivity index (χ1) is 13.0. The minimum Gasteiger partial charge on any atom is -0.365 e. The highest BCUT2D eigenvalue weighted by Crippen LogP contribution is 2.20. The number of benzene rings is 2. The number of aromatic nitrogens is 1. The lowest BCUT2D eigenvalue weighted by Gasteiger charge is -2.06. The number of amides is 1. The van der Waals surface area contributed by atoms with Crippen LogP contribution >= 0.6 is 0 Å². The highest BCUT2D eigenvalue weighted by molar-refractivity contribution is 5.95. The van der Waals surface area contributed by atoms with E-state index in [9.17, 15) is 14.0 Å². The molecule has 0 spiro atoms. The number of nitrogens with one attached hydrogen (secondary N) is 1. The molecule has 0 aliphatic rings. The SMILES string of the molecule is CC(=O)c1ccc(NC(=O)COCc2cc(-c3ccc(F)cc3)on2)cc1. The molecule has 0 radical (unpaired) electrons. The van der Waals surface area contributed by atoms with Gasteiger partial charge in [-0.05, 0) is 55.5 Å². The molecule has 1 N–H and O–H groups in total. The Balaban J connectivity index is 1.47. The van der Waals surface area contributed by atoms with E-state index in [1.54, 1.807) is 42.5 Å². The lowest BCUT2D eigenvalue weighted by Crippen LogP contribution is -2.18. The second kappa shape index (κ2) is 8.37. The van der Waals surface area contributed by atoms with Gasteiger partial charge in [-0.1, -0.05) is 5.16 Å². The number of anilines is 1. The van der Waals surface area contributed by atoms with Gasteiger partial charge >= 0.3 is 0 Å². The van der Waals surface area contributed by atoms with Gasteiger partial charge < -0.3 is 14.6 Å². The summed E-state index contributed by atoms with van der Waals surface area (Å²) in [5.41, 5.74) is 2.37. The van der Waals surface area contributed by atoms with E-state index < -0.39 is 0 Å². The van der Waals surface area contributed by atoms with Crippen molar-refractivity contribution in [2.75, 3.05) is 11.9 Å². The predicted octanol–water partition coefficient (Wildman–Crippen LogP) is 3.84. The molecule has 0 saturated carbocycles. The summed E-state index contributed by atoms with van der Waals surface area (Å²) < 4.78 is 23.5. The number of carbonyl (C=O) groups excluding carboxylic acids is 2. The third-order valence-corrected chi connectivity index (χ3v) is 3.75. The van der Waals surface area contributed by atoms with E-state index in [0.29, 0.717) is 28.3 Å². The van der Waals surface area contributed by atoms with E-state index >= 15 is 0 Å². The van der Waals surface area contributed by atoms with Crippen LogP contribution in [0.2, 0.25) is 0 Å². The molecule has 6 nitrogen and oxygen atoms in total. The van der Waals surface area contributed by atoms with E-state index in [4.69, 9.17) is 9.26 Å². The third-order valence-electron chi connectivity index (χ3n) is 3.75. The summed E-state index contributed by atoms with van der Waals surface area (Å²) in [4.78, 5) is 23.1. The summed E-state index contributed by atoms with van der Waals surface area (Å²) in [6, 6.07) is 14.1. The van der Waals surface area contributed by atoms with Crippen molar-refractivity contribution in [3.63, 3.8) is 0 Å². The quantitative estimate of drug-likeness (QED) is 0.641. The Morgan fingerprint density at radius 3 is 2.48 bits per heavy atom. The molecule has 1 amide bonds. The van der Waals surface area contributed by atoms with E-state index in [1.807, 2.05) is 0 Å². The number of Topliss-reactive ketones (excluding diaryl/α,β-unsaturated/α-hetero) is 1. The zero-order chi connectivity index (χ0) is 19.2. The molecule has 0 atom stereocenters. The zero-order valence-electron chi connectivity index (χ0n) is 14.6. The number of hydrogen-bond donors (Lipinski definition) is 1. The number of halogens is 1. The molecule has 27 heavy (non-hydrogen) atoms. The van der Waals surface area contributed by atoms with Crippen LogP contribution in [-0.2, 0) is 16.1 Å². The largest absolute Gasteiger partial charge is 0.365 e. The van der Waals surface area contributed by atoms with Crippen LogP contribution in [0.3, 0.4) is 0 Å². The molecule has 0 bridgehead atoms. The average Bonchev–Trinajstić information content (AvgIpc) is 3.11. The lowest BCUT2D eigenvalue weighted by atomic mass is 10.1. The average molecular weight is 368 g/mol. The van der Waals surface area contributed by atoms with Crippen LogP contribution in [0.15, 0.2) is 59.1 Å². The number of ether oxygens (including phenoxy) is 1. The number of nitrogens with zero attached hydrogens (tertiary/aromatic N) is 1. The third kappa shape index (κ3) is 5.08. The van der Waals surface area contributed by atoms with Crippen molar-refractivity contribution < 1.29 is 23.2 Å². The van der Waals surface area contributed by atoms with Crippen molar-refractivity contribution in [3.8, 4) is 11.3 Å². The van der Waals surface area contributed by atoms with Crippen molar-refractivity contribution in [3.05, 3.63) is 71.7 Å². The van der Waals surface area contributed by atoms with Crippen molar-refractivity contribution >= 4 is 17.4 Å². The van der Waals surface area contributed by atoms with Crippen LogP contribution in [0.1, 0.15) is 23.0 Å². The molecule has 1 heterocycles. The Labute approximate surface area is 154 Å². The zero-order valence-corrected chi connectivity index (χ0v) is 14.6.